The minimum atomic E-state index is -0.425. The number of halogens is 1. The molecule has 2 aliphatic carbocycles. The number of aliphatic hydroxyl groups excluding tert-OH is 1. The van der Waals surface area contributed by atoms with Gasteiger partial charge in [-0.05, 0) is 43.9 Å². The highest BCUT2D eigenvalue weighted by molar-refractivity contribution is 6.21. The lowest BCUT2D eigenvalue weighted by molar-refractivity contribution is -0.385. The van der Waals surface area contributed by atoms with Gasteiger partial charge in [-0.25, -0.2) is 0 Å². The van der Waals surface area contributed by atoms with Gasteiger partial charge in [0, 0.05) is 35.1 Å². The Morgan fingerprint density at radius 3 is 1.70 bits per heavy atom. The van der Waals surface area contributed by atoms with Crippen molar-refractivity contribution < 1.29 is 15.0 Å². The molecule has 2 saturated carbocycles. The van der Waals surface area contributed by atoms with Crippen LogP contribution in [0.15, 0.2) is 48.5 Å². The molecule has 7 nitrogen and oxygen atoms in total. The van der Waals surface area contributed by atoms with Crippen LogP contribution in [-0.2, 0) is 12.8 Å². The molecule has 0 saturated heterocycles. The van der Waals surface area contributed by atoms with E-state index in [9.17, 15) is 25.3 Å². The first-order chi connectivity index (χ1) is 14.4. The van der Waals surface area contributed by atoms with E-state index >= 15 is 0 Å². The summed E-state index contributed by atoms with van der Waals surface area (Å²) >= 11 is 6.17. The van der Waals surface area contributed by atoms with E-state index in [0.717, 1.165) is 31.2 Å². The Labute approximate surface area is 180 Å². The van der Waals surface area contributed by atoms with Crippen LogP contribution in [0.4, 0.5) is 11.4 Å². The number of nitrogens with zero attached hydrogens (tertiary/aromatic N) is 2. The Kier molecular flexibility index (Phi) is 7.39. The Bertz CT molecular complexity index is 825. The summed E-state index contributed by atoms with van der Waals surface area (Å²) in [6, 6.07) is 13.4. The van der Waals surface area contributed by atoms with Gasteiger partial charge in [0.15, 0.2) is 0 Å². The summed E-state index contributed by atoms with van der Waals surface area (Å²) in [4.78, 5) is 20.7. The van der Waals surface area contributed by atoms with Gasteiger partial charge in [0.25, 0.3) is 11.4 Å². The average Bonchev–Trinajstić information content (AvgIpc) is 3.61. The van der Waals surface area contributed by atoms with E-state index in [4.69, 9.17) is 11.6 Å². The Morgan fingerprint density at radius 1 is 0.833 bits per heavy atom. The smallest absolute Gasteiger partial charge is 0.272 e. The zero-order valence-electron chi connectivity index (χ0n) is 16.5. The number of alkyl halides is 1. The third kappa shape index (κ3) is 6.24. The van der Waals surface area contributed by atoms with E-state index in [2.05, 4.69) is 0 Å². The summed E-state index contributed by atoms with van der Waals surface area (Å²) in [5, 5.41) is 31.2. The predicted octanol–water partition coefficient (Wildman–Crippen LogP) is 5.06. The van der Waals surface area contributed by atoms with Crippen molar-refractivity contribution in [2.24, 2.45) is 11.8 Å². The van der Waals surface area contributed by atoms with Crippen molar-refractivity contribution in [2.75, 3.05) is 0 Å². The van der Waals surface area contributed by atoms with Crippen LogP contribution in [0.25, 0.3) is 0 Å². The summed E-state index contributed by atoms with van der Waals surface area (Å²) in [5.41, 5.74) is 1.66. The van der Waals surface area contributed by atoms with Crippen LogP contribution >= 0.6 is 11.6 Å². The Morgan fingerprint density at radius 2 is 1.27 bits per heavy atom. The van der Waals surface area contributed by atoms with Crippen molar-refractivity contribution in [2.45, 2.75) is 50.0 Å². The number of hydrogen-bond donors (Lipinski definition) is 1. The van der Waals surface area contributed by atoms with Crippen molar-refractivity contribution in [1.29, 1.82) is 0 Å². The molecule has 2 aromatic rings. The summed E-state index contributed by atoms with van der Waals surface area (Å²) in [6.45, 7) is 0. The second-order valence-corrected chi connectivity index (χ2v) is 8.50. The Hall–Kier alpha value is -2.51. The molecule has 2 aromatic carbocycles. The van der Waals surface area contributed by atoms with Gasteiger partial charge in [0.1, 0.15) is 0 Å². The molecule has 160 valence electrons. The van der Waals surface area contributed by atoms with Gasteiger partial charge in [0.2, 0.25) is 0 Å². The first-order valence-electron chi connectivity index (χ1n) is 10.1. The molecule has 0 aromatic heterocycles. The predicted molar refractivity (Wildman–Crippen MR) is 115 cm³/mol. The monoisotopic (exact) mass is 432 g/mol. The zero-order chi connectivity index (χ0) is 21.7. The lowest BCUT2D eigenvalue weighted by Gasteiger charge is -2.08. The van der Waals surface area contributed by atoms with Crippen LogP contribution in [0.5, 0.6) is 0 Å². The lowest BCUT2D eigenvalue weighted by atomic mass is 10.0. The normalized spacial score (nSPS) is 17.4. The van der Waals surface area contributed by atoms with Gasteiger partial charge in [-0.3, -0.25) is 20.2 Å². The number of nitro groups is 2. The molecule has 0 aliphatic heterocycles. The third-order valence-corrected chi connectivity index (χ3v) is 6.03. The first-order valence-corrected chi connectivity index (χ1v) is 10.6. The molecule has 2 fully saturated rings. The van der Waals surface area contributed by atoms with E-state index < -0.39 is 11.0 Å². The largest absolute Gasteiger partial charge is 0.392 e. The zero-order valence-corrected chi connectivity index (χ0v) is 17.3. The molecule has 0 bridgehead atoms. The lowest BCUT2D eigenvalue weighted by Crippen LogP contribution is -2.13. The molecule has 2 unspecified atom stereocenters. The van der Waals surface area contributed by atoms with Crippen molar-refractivity contribution >= 4 is 23.0 Å². The maximum absolute atomic E-state index is 10.8. The van der Waals surface area contributed by atoms with E-state index in [1.807, 2.05) is 6.07 Å². The second kappa shape index (κ2) is 10.00. The van der Waals surface area contributed by atoms with Gasteiger partial charge in [0.05, 0.1) is 16.0 Å². The van der Waals surface area contributed by atoms with Crippen LogP contribution in [0, 0.1) is 32.1 Å². The maximum Gasteiger partial charge on any atom is 0.272 e. The van der Waals surface area contributed by atoms with Crippen molar-refractivity contribution in [1.82, 2.24) is 0 Å². The molecule has 4 rings (SSSR count). The summed E-state index contributed by atoms with van der Waals surface area (Å²) in [7, 11) is 0. The standard InChI is InChI=1S/C11H12ClNO2.C11H13NO3/c12-10(8-5-6-8)7-9-3-1-2-4-11(9)13(14)15;13-11(8-5-6-8)7-9-3-1-2-4-10(9)12(14)15/h1-4,8,10H,5-7H2;1-4,8,11,13H,5-7H2. The van der Waals surface area contributed by atoms with Gasteiger partial charge in [-0.2, -0.15) is 0 Å². The summed E-state index contributed by atoms with van der Waals surface area (Å²) in [5.74, 6) is 0.913. The number of aliphatic hydroxyl groups is 1. The molecular weight excluding hydrogens is 408 g/mol. The van der Waals surface area contributed by atoms with Crippen LogP contribution in [0.1, 0.15) is 36.8 Å². The highest BCUT2D eigenvalue weighted by Crippen LogP contribution is 2.38. The van der Waals surface area contributed by atoms with Crippen LogP contribution in [-0.4, -0.2) is 26.4 Å². The van der Waals surface area contributed by atoms with E-state index in [1.54, 1.807) is 30.3 Å². The molecule has 0 amide bonds. The van der Waals surface area contributed by atoms with Gasteiger partial charge < -0.3 is 5.11 Å². The molecule has 0 heterocycles. The highest BCUT2D eigenvalue weighted by Gasteiger charge is 2.31. The first kappa shape index (κ1) is 22.2. The van der Waals surface area contributed by atoms with Crippen LogP contribution < -0.4 is 0 Å². The summed E-state index contributed by atoms with van der Waals surface area (Å²) in [6.07, 6.45) is 4.98. The Balaban J connectivity index is 0.000000171. The fraction of sp³-hybridized carbons (Fsp3) is 0.455. The van der Waals surface area contributed by atoms with Crippen LogP contribution in [0.3, 0.4) is 0 Å². The second-order valence-electron chi connectivity index (χ2n) is 7.94. The number of nitro benzene ring substituents is 2. The fourth-order valence-corrected chi connectivity index (χ4v) is 3.85. The molecule has 1 N–H and O–H groups in total. The van der Waals surface area contributed by atoms with Crippen molar-refractivity contribution in [3.05, 3.63) is 79.9 Å². The molecule has 0 spiro atoms. The number of hydrogen-bond acceptors (Lipinski definition) is 5. The van der Waals surface area contributed by atoms with Gasteiger partial charge >= 0.3 is 0 Å². The van der Waals surface area contributed by atoms with Crippen LogP contribution in [0.2, 0.25) is 0 Å². The molecule has 30 heavy (non-hydrogen) atoms. The fourth-order valence-electron chi connectivity index (χ4n) is 3.43. The van der Waals surface area contributed by atoms with Crippen molar-refractivity contribution in [3.63, 3.8) is 0 Å². The molecule has 2 aliphatic rings. The highest BCUT2D eigenvalue weighted by atomic mass is 35.5. The van der Waals surface area contributed by atoms with Gasteiger partial charge in [-0.1, -0.05) is 36.4 Å². The summed E-state index contributed by atoms with van der Waals surface area (Å²) < 4.78 is 0. The number of benzene rings is 2. The number of rotatable bonds is 8. The third-order valence-electron chi connectivity index (χ3n) is 5.52. The van der Waals surface area contributed by atoms with Gasteiger partial charge in [-0.15, -0.1) is 11.6 Å². The minimum Gasteiger partial charge on any atom is -0.392 e. The van der Waals surface area contributed by atoms with E-state index in [-0.39, 0.29) is 21.7 Å². The maximum atomic E-state index is 10.8. The van der Waals surface area contributed by atoms with Crippen molar-refractivity contribution in [3.8, 4) is 0 Å². The number of para-hydroxylation sites is 2. The molecule has 8 heteroatoms. The van der Waals surface area contributed by atoms with E-state index in [1.165, 1.54) is 12.1 Å². The average molecular weight is 433 g/mol. The SMILES string of the molecule is O=[N+]([O-])c1ccccc1CC(Cl)C1CC1.O=[N+]([O-])c1ccccc1CC(O)C1CC1. The quantitative estimate of drug-likeness (QED) is 0.356. The molecule has 2 atom stereocenters. The van der Waals surface area contributed by atoms with E-state index in [0.29, 0.717) is 30.2 Å². The molecular formula is C22H25ClN2O5. The topological polar surface area (TPSA) is 107 Å². The molecule has 0 radical (unpaired) electrons. The minimum absolute atomic E-state index is 0.0473.